The van der Waals surface area contributed by atoms with Crippen LogP contribution in [0, 0.1) is 11.3 Å². The van der Waals surface area contributed by atoms with E-state index in [1.165, 1.54) is 6.20 Å². The Morgan fingerprint density at radius 1 is 1.36 bits per heavy atom. The Bertz CT molecular complexity index is 873. The van der Waals surface area contributed by atoms with Gasteiger partial charge in [-0.15, -0.1) is 0 Å². The molecule has 1 fully saturated rings. The van der Waals surface area contributed by atoms with Crippen molar-refractivity contribution in [3.63, 3.8) is 0 Å². The van der Waals surface area contributed by atoms with Crippen molar-refractivity contribution in [3.8, 4) is 6.07 Å². The Morgan fingerprint density at radius 3 is 2.72 bits per heavy atom. The number of rotatable bonds is 4. The lowest BCUT2D eigenvalue weighted by molar-refractivity contribution is 0.103. The van der Waals surface area contributed by atoms with E-state index in [0.717, 1.165) is 34.2 Å². The van der Waals surface area contributed by atoms with Gasteiger partial charge in [-0.2, -0.15) is 5.26 Å². The number of hydrogen-bond acceptors (Lipinski definition) is 5. The number of morpholine rings is 1. The third-order valence-electron chi connectivity index (χ3n) is 4.04. The maximum atomic E-state index is 12.6. The van der Waals surface area contributed by atoms with E-state index in [1.54, 1.807) is 25.1 Å². The van der Waals surface area contributed by atoms with Gasteiger partial charge in [-0.1, -0.05) is 0 Å². The first-order valence-corrected chi connectivity index (χ1v) is 8.77. The maximum Gasteiger partial charge on any atom is 0.221 e. The number of anilines is 1. The number of ether oxygens (including phenoxy) is 1. The average molecular weight is 403 g/mol. The van der Waals surface area contributed by atoms with Gasteiger partial charge in [0.05, 0.1) is 24.6 Å². The Kier molecular flexibility index (Phi) is 5.11. The number of aromatic nitrogens is 1. The summed E-state index contributed by atoms with van der Waals surface area (Å²) in [7, 11) is 3.56. The summed E-state index contributed by atoms with van der Waals surface area (Å²) in [4.78, 5) is 19.6. The molecule has 25 heavy (non-hydrogen) atoms. The molecule has 1 saturated heterocycles. The van der Waals surface area contributed by atoms with Crippen LogP contribution in [-0.2, 0) is 4.74 Å². The van der Waals surface area contributed by atoms with E-state index >= 15 is 0 Å². The fourth-order valence-electron chi connectivity index (χ4n) is 2.85. The molecule has 0 atom stereocenters. The molecule has 0 radical (unpaired) electrons. The molecule has 0 saturated carbocycles. The van der Waals surface area contributed by atoms with Crippen molar-refractivity contribution >= 4 is 38.3 Å². The van der Waals surface area contributed by atoms with Gasteiger partial charge in [-0.05, 0) is 34.1 Å². The second kappa shape index (κ2) is 7.30. The molecule has 130 valence electrons. The van der Waals surface area contributed by atoms with E-state index in [4.69, 9.17) is 4.74 Å². The second-order valence-electron chi connectivity index (χ2n) is 6.12. The van der Waals surface area contributed by atoms with Crippen LogP contribution >= 0.6 is 15.9 Å². The molecule has 1 aliphatic rings. The van der Waals surface area contributed by atoms with Crippen molar-refractivity contribution in [2.24, 2.45) is 0 Å². The average Bonchev–Trinajstić information content (AvgIpc) is 3.01. The molecule has 1 aromatic carbocycles. The second-order valence-corrected chi connectivity index (χ2v) is 6.97. The quantitative estimate of drug-likeness (QED) is 0.483. The normalized spacial score (nSPS) is 15.3. The van der Waals surface area contributed by atoms with Crippen molar-refractivity contribution in [2.45, 2.75) is 0 Å². The highest BCUT2D eigenvalue weighted by molar-refractivity contribution is 9.10. The maximum absolute atomic E-state index is 12.6. The fraction of sp³-hybridized carbons (Fsp3) is 0.333. The molecule has 1 aliphatic heterocycles. The molecule has 0 amide bonds. The molecular weight excluding hydrogens is 384 g/mol. The van der Waals surface area contributed by atoms with Crippen LogP contribution in [0.25, 0.3) is 10.9 Å². The largest absolute Gasteiger partial charge is 0.382 e. The van der Waals surface area contributed by atoms with Crippen molar-refractivity contribution < 1.29 is 9.53 Å². The van der Waals surface area contributed by atoms with Gasteiger partial charge in [0.25, 0.3) is 0 Å². The van der Waals surface area contributed by atoms with Crippen LogP contribution in [0.2, 0.25) is 0 Å². The van der Waals surface area contributed by atoms with Crippen LogP contribution in [0.5, 0.6) is 0 Å². The zero-order valence-electron chi connectivity index (χ0n) is 14.2. The number of H-pyrrole nitrogens is 1. The Hall–Kier alpha value is -2.30. The number of carbonyl (C=O) groups excluding carboxylic acids is 1. The van der Waals surface area contributed by atoms with Crippen molar-refractivity contribution in [1.29, 1.82) is 5.26 Å². The molecule has 0 bridgehead atoms. The number of nitrogens with one attached hydrogen (secondary N) is 1. The summed E-state index contributed by atoms with van der Waals surface area (Å²) in [6.45, 7) is 3.10. The number of aromatic amines is 1. The SMILES string of the molecule is CN(C)/C=C(\C#N)C(=O)c1cc2cc(N3CCOCC3)c(Br)cc2[nH]1. The number of nitrogens with zero attached hydrogens (tertiary/aromatic N) is 3. The number of Topliss-reactive ketones (excluding diaryl/α,β-unsaturated/α-hetero) is 1. The highest BCUT2D eigenvalue weighted by atomic mass is 79.9. The molecule has 6 nitrogen and oxygen atoms in total. The third kappa shape index (κ3) is 3.70. The molecule has 2 aromatic rings. The van der Waals surface area contributed by atoms with Crippen molar-refractivity contribution in [2.75, 3.05) is 45.3 Å². The summed E-state index contributed by atoms with van der Waals surface area (Å²) in [5.74, 6) is -0.309. The van der Waals surface area contributed by atoms with E-state index in [-0.39, 0.29) is 11.4 Å². The predicted molar refractivity (Wildman–Crippen MR) is 101 cm³/mol. The van der Waals surface area contributed by atoms with E-state index < -0.39 is 0 Å². The van der Waals surface area contributed by atoms with Crippen molar-refractivity contribution in [3.05, 3.63) is 40.1 Å². The molecule has 3 rings (SSSR count). The molecule has 0 unspecified atom stereocenters. The van der Waals surface area contributed by atoms with E-state index in [2.05, 4.69) is 31.9 Å². The van der Waals surface area contributed by atoms with Gasteiger partial charge in [-0.3, -0.25) is 4.79 Å². The van der Waals surface area contributed by atoms with Gasteiger partial charge >= 0.3 is 0 Å². The highest BCUT2D eigenvalue weighted by Gasteiger charge is 2.18. The summed E-state index contributed by atoms with van der Waals surface area (Å²) >= 11 is 3.62. The lowest BCUT2D eigenvalue weighted by Gasteiger charge is -2.29. The number of carbonyl (C=O) groups is 1. The molecule has 7 heteroatoms. The molecule has 0 aliphatic carbocycles. The predicted octanol–water partition coefficient (Wildman–Crippen LogP) is 2.92. The Labute approximate surface area is 154 Å². The summed E-state index contributed by atoms with van der Waals surface area (Å²) in [5, 5.41) is 10.2. The lowest BCUT2D eigenvalue weighted by atomic mass is 10.1. The number of hydrogen-bond donors (Lipinski definition) is 1. The van der Waals surface area contributed by atoms with Crippen LogP contribution in [0.15, 0.2) is 34.4 Å². The summed E-state index contributed by atoms with van der Waals surface area (Å²) < 4.78 is 6.37. The molecule has 1 N–H and O–H groups in total. The smallest absolute Gasteiger partial charge is 0.221 e. The number of nitriles is 1. The third-order valence-corrected chi connectivity index (χ3v) is 4.67. The molecule has 1 aromatic heterocycles. The minimum absolute atomic E-state index is 0.101. The summed E-state index contributed by atoms with van der Waals surface area (Å²) in [6, 6.07) is 7.80. The number of halogens is 1. The zero-order chi connectivity index (χ0) is 18.0. The number of ketones is 1. The zero-order valence-corrected chi connectivity index (χ0v) is 15.8. The van der Waals surface area contributed by atoms with Crippen LogP contribution in [0.1, 0.15) is 10.5 Å². The summed E-state index contributed by atoms with van der Waals surface area (Å²) in [5.41, 5.74) is 2.45. The molecule has 0 spiro atoms. The molecular formula is C18H19BrN4O2. The summed E-state index contributed by atoms with van der Waals surface area (Å²) in [6.07, 6.45) is 1.53. The van der Waals surface area contributed by atoms with Gasteiger partial charge in [0.1, 0.15) is 11.6 Å². The minimum atomic E-state index is -0.309. The van der Waals surface area contributed by atoms with Crippen molar-refractivity contribution in [1.82, 2.24) is 9.88 Å². The van der Waals surface area contributed by atoms with Crippen LogP contribution in [0.3, 0.4) is 0 Å². The fourth-order valence-corrected chi connectivity index (χ4v) is 3.45. The van der Waals surface area contributed by atoms with E-state index in [0.29, 0.717) is 18.9 Å². The first-order valence-electron chi connectivity index (χ1n) is 7.97. The number of allylic oxidation sites excluding steroid dienone is 1. The van der Waals surface area contributed by atoms with E-state index in [1.807, 2.05) is 12.1 Å². The standard InChI is InChI=1S/C18H19BrN4O2/c1-22(2)11-13(10-20)18(24)16-7-12-8-17(14(19)9-15(12)21-16)23-3-5-25-6-4-23/h7-9,11,21H,3-6H2,1-2H3/b13-11+. The first-order chi connectivity index (χ1) is 12.0. The lowest BCUT2D eigenvalue weighted by Crippen LogP contribution is -2.36. The Morgan fingerprint density at radius 2 is 2.08 bits per heavy atom. The minimum Gasteiger partial charge on any atom is -0.382 e. The van der Waals surface area contributed by atoms with Gasteiger partial charge in [-0.25, -0.2) is 0 Å². The number of benzene rings is 1. The first kappa shape index (κ1) is 17.5. The van der Waals surface area contributed by atoms with Crippen LogP contribution in [-0.4, -0.2) is 56.1 Å². The number of fused-ring (bicyclic) bond motifs is 1. The van der Waals surface area contributed by atoms with Crippen LogP contribution in [0.4, 0.5) is 5.69 Å². The monoisotopic (exact) mass is 402 g/mol. The van der Waals surface area contributed by atoms with Gasteiger partial charge in [0, 0.05) is 48.8 Å². The molecule has 2 heterocycles. The van der Waals surface area contributed by atoms with Crippen LogP contribution < -0.4 is 4.90 Å². The van der Waals surface area contributed by atoms with Gasteiger partial charge in [0.2, 0.25) is 5.78 Å². The van der Waals surface area contributed by atoms with E-state index in [9.17, 15) is 10.1 Å². The Balaban J connectivity index is 1.97. The van der Waals surface area contributed by atoms with Gasteiger partial charge < -0.3 is 19.5 Å². The topological polar surface area (TPSA) is 72.4 Å². The van der Waals surface area contributed by atoms with Gasteiger partial charge in [0.15, 0.2) is 0 Å². The highest BCUT2D eigenvalue weighted by Crippen LogP contribution is 2.32.